The summed E-state index contributed by atoms with van der Waals surface area (Å²) in [5.41, 5.74) is 5.63. The van der Waals surface area contributed by atoms with Crippen LogP contribution in [-0.2, 0) is 4.79 Å². The van der Waals surface area contributed by atoms with Gasteiger partial charge in [0.15, 0.2) is 0 Å². The molecule has 1 amide bonds. The van der Waals surface area contributed by atoms with Gasteiger partial charge in [0.25, 0.3) is 0 Å². The zero-order valence-corrected chi connectivity index (χ0v) is 11.8. The number of nitrogens with zero attached hydrogens (tertiary/aromatic N) is 1. The lowest BCUT2D eigenvalue weighted by molar-refractivity contribution is -0.122. The summed E-state index contributed by atoms with van der Waals surface area (Å²) in [6.07, 6.45) is 2.27. The minimum atomic E-state index is 0. The summed E-state index contributed by atoms with van der Waals surface area (Å²) in [6, 6.07) is 0. The molecule has 1 aliphatic heterocycles. The van der Waals surface area contributed by atoms with E-state index in [2.05, 4.69) is 24.1 Å². The molecule has 0 aromatic carbocycles. The average molecular weight is 264 g/mol. The maximum absolute atomic E-state index is 11.6. The Morgan fingerprint density at radius 3 is 2.47 bits per heavy atom. The minimum absolute atomic E-state index is 0. The third kappa shape index (κ3) is 6.86. The fourth-order valence-electron chi connectivity index (χ4n) is 1.96. The number of nitrogens with two attached hydrogens (primary N) is 1. The number of likely N-dealkylation sites (tertiary alicyclic amines) is 1. The highest BCUT2D eigenvalue weighted by Gasteiger charge is 2.19. The molecule has 102 valence electrons. The third-order valence-electron chi connectivity index (χ3n) is 3.12. The second-order valence-corrected chi connectivity index (χ2v) is 5.15. The Morgan fingerprint density at radius 1 is 1.41 bits per heavy atom. The van der Waals surface area contributed by atoms with Crippen molar-refractivity contribution in [2.24, 2.45) is 17.6 Å². The van der Waals surface area contributed by atoms with Gasteiger partial charge in [0.05, 0.1) is 6.54 Å². The molecule has 0 saturated carbocycles. The quantitative estimate of drug-likeness (QED) is 0.773. The topological polar surface area (TPSA) is 58.4 Å². The van der Waals surface area contributed by atoms with E-state index in [1.54, 1.807) is 0 Å². The maximum atomic E-state index is 11.6. The Balaban J connectivity index is 0.00000256. The van der Waals surface area contributed by atoms with Crippen LogP contribution in [0.1, 0.15) is 26.7 Å². The second kappa shape index (κ2) is 8.72. The van der Waals surface area contributed by atoms with Gasteiger partial charge in [-0.2, -0.15) is 0 Å². The van der Waals surface area contributed by atoms with Gasteiger partial charge in [0, 0.05) is 6.54 Å². The Kier molecular flexibility index (Phi) is 8.56. The highest BCUT2D eigenvalue weighted by molar-refractivity contribution is 5.85. The smallest absolute Gasteiger partial charge is 0.234 e. The third-order valence-corrected chi connectivity index (χ3v) is 3.12. The first-order valence-electron chi connectivity index (χ1n) is 6.31. The van der Waals surface area contributed by atoms with Gasteiger partial charge < -0.3 is 11.1 Å². The number of nitrogens with one attached hydrogen (secondary N) is 1. The van der Waals surface area contributed by atoms with E-state index in [1.165, 1.54) is 0 Å². The van der Waals surface area contributed by atoms with Gasteiger partial charge in [-0.1, -0.05) is 13.8 Å². The van der Waals surface area contributed by atoms with Gasteiger partial charge in [0.1, 0.15) is 0 Å². The summed E-state index contributed by atoms with van der Waals surface area (Å²) in [5.74, 6) is 1.34. The fraction of sp³-hybridized carbons (Fsp3) is 0.917. The Hall–Kier alpha value is -0.320. The van der Waals surface area contributed by atoms with E-state index in [9.17, 15) is 4.79 Å². The molecular formula is C12H26ClN3O. The molecule has 3 N–H and O–H groups in total. The van der Waals surface area contributed by atoms with Gasteiger partial charge in [-0.15, -0.1) is 12.4 Å². The van der Waals surface area contributed by atoms with Gasteiger partial charge in [-0.3, -0.25) is 9.69 Å². The van der Waals surface area contributed by atoms with Crippen LogP contribution >= 0.6 is 12.4 Å². The molecule has 1 rings (SSSR count). The minimum Gasteiger partial charge on any atom is -0.355 e. The molecule has 0 aliphatic carbocycles. The molecule has 17 heavy (non-hydrogen) atoms. The zero-order valence-electron chi connectivity index (χ0n) is 10.9. The molecule has 1 saturated heterocycles. The van der Waals surface area contributed by atoms with Crippen LogP contribution in [0.2, 0.25) is 0 Å². The molecule has 0 atom stereocenters. The summed E-state index contributed by atoms with van der Waals surface area (Å²) in [6.45, 7) is 8.34. The Bertz CT molecular complexity index is 216. The molecule has 0 aromatic rings. The molecule has 0 aromatic heterocycles. The molecule has 4 nitrogen and oxygen atoms in total. The number of carbonyl (C=O) groups excluding carboxylic acids is 1. The molecule has 0 unspecified atom stereocenters. The van der Waals surface area contributed by atoms with E-state index in [4.69, 9.17) is 5.73 Å². The van der Waals surface area contributed by atoms with Crippen molar-refractivity contribution in [2.45, 2.75) is 26.7 Å². The molecule has 5 heteroatoms. The summed E-state index contributed by atoms with van der Waals surface area (Å²) < 4.78 is 0. The molecule has 0 radical (unpaired) electrons. The standard InChI is InChI=1S/C12H25N3O.ClH/c1-10(2)8-14-12(16)9-15-5-3-11(7-13)4-6-15;/h10-11H,3-9,13H2,1-2H3,(H,14,16);1H. The summed E-state index contributed by atoms with van der Waals surface area (Å²) in [4.78, 5) is 13.8. The fourth-order valence-corrected chi connectivity index (χ4v) is 1.96. The number of hydrogen-bond acceptors (Lipinski definition) is 3. The van der Waals surface area contributed by atoms with Crippen LogP contribution in [0.4, 0.5) is 0 Å². The molecule has 1 fully saturated rings. The van der Waals surface area contributed by atoms with Crippen molar-refractivity contribution in [3.63, 3.8) is 0 Å². The highest BCUT2D eigenvalue weighted by Crippen LogP contribution is 2.14. The summed E-state index contributed by atoms with van der Waals surface area (Å²) >= 11 is 0. The van der Waals surface area contributed by atoms with Crippen molar-refractivity contribution in [1.82, 2.24) is 10.2 Å². The summed E-state index contributed by atoms with van der Waals surface area (Å²) in [5, 5.41) is 2.95. The SMILES string of the molecule is CC(C)CNC(=O)CN1CCC(CN)CC1.Cl. The maximum Gasteiger partial charge on any atom is 0.234 e. The molecule has 0 bridgehead atoms. The van der Waals surface area contributed by atoms with Crippen LogP contribution in [0.3, 0.4) is 0 Å². The normalized spacial score (nSPS) is 17.9. The molecular weight excluding hydrogens is 238 g/mol. The first-order valence-corrected chi connectivity index (χ1v) is 6.31. The van der Waals surface area contributed by atoms with Gasteiger partial charge in [-0.25, -0.2) is 0 Å². The van der Waals surface area contributed by atoms with E-state index in [0.717, 1.165) is 39.0 Å². The van der Waals surface area contributed by atoms with Crippen LogP contribution in [0.5, 0.6) is 0 Å². The zero-order chi connectivity index (χ0) is 12.0. The first-order chi connectivity index (χ1) is 7.61. The Morgan fingerprint density at radius 2 is 2.00 bits per heavy atom. The van der Waals surface area contributed by atoms with Crippen molar-refractivity contribution < 1.29 is 4.79 Å². The molecule has 1 aliphatic rings. The lowest BCUT2D eigenvalue weighted by atomic mass is 9.97. The van der Waals surface area contributed by atoms with Crippen molar-refractivity contribution in [1.29, 1.82) is 0 Å². The van der Waals surface area contributed by atoms with Gasteiger partial charge in [-0.05, 0) is 44.3 Å². The number of piperidine rings is 1. The van der Waals surface area contributed by atoms with Crippen LogP contribution in [-0.4, -0.2) is 43.5 Å². The van der Waals surface area contributed by atoms with Crippen LogP contribution in [0.15, 0.2) is 0 Å². The lowest BCUT2D eigenvalue weighted by Crippen LogP contribution is -2.43. The van der Waals surface area contributed by atoms with Crippen LogP contribution in [0, 0.1) is 11.8 Å². The van der Waals surface area contributed by atoms with E-state index >= 15 is 0 Å². The highest BCUT2D eigenvalue weighted by atomic mass is 35.5. The number of carbonyl (C=O) groups is 1. The predicted octanol–water partition coefficient (Wildman–Crippen LogP) is 0.851. The molecule has 1 heterocycles. The van der Waals surface area contributed by atoms with Crippen LogP contribution in [0.25, 0.3) is 0 Å². The Labute approximate surface area is 111 Å². The largest absolute Gasteiger partial charge is 0.355 e. The number of rotatable bonds is 5. The van der Waals surface area contributed by atoms with E-state index in [-0.39, 0.29) is 18.3 Å². The van der Waals surface area contributed by atoms with Crippen molar-refractivity contribution in [3.05, 3.63) is 0 Å². The number of halogens is 1. The number of hydrogen-bond donors (Lipinski definition) is 2. The van der Waals surface area contributed by atoms with Gasteiger partial charge in [0.2, 0.25) is 5.91 Å². The summed E-state index contributed by atoms with van der Waals surface area (Å²) in [7, 11) is 0. The van der Waals surface area contributed by atoms with E-state index < -0.39 is 0 Å². The van der Waals surface area contributed by atoms with Crippen molar-refractivity contribution >= 4 is 18.3 Å². The average Bonchev–Trinajstić information content (AvgIpc) is 2.27. The van der Waals surface area contributed by atoms with Gasteiger partial charge >= 0.3 is 0 Å². The monoisotopic (exact) mass is 263 g/mol. The van der Waals surface area contributed by atoms with Crippen LogP contribution < -0.4 is 11.1 Å². The van der Waals surface area contributed by atoms with E-state index in [0.29, 0.717) is 18.4 Å². The number of amides is 1. The lowest BCUT2D eigenvalue weighted by Gasteiger charge is -2.30. The van der Waals surface area contributed by atoms with E-state index in [1.807, 2.05) is 0 Å². The predicted molar refractivity (Wildman–Crippen MR) is 73.3 cm³/mol. The second-order valence-electron chi connectivity index (χ2n) is 5.15. The van der Waals surface area contributed by atoms with Crippen molar-refractivity contribution in [3.8, 4) is 0 Å². The first kappa shape index (κ1) is 16.7. The van der Waals surface area contributed by atoms with Crippen molar-refractivity contribution in [2.75, 3.05) is 32.7 Å². The molecule has 0 spiro atoms.